The number of rotatable bonds is 7. The minimum Gasteiger partial charge on any atom is -0.272 e. The zero-order valence-electron chi connectivity index (χ0n) is 13.6. The van der Waals surface area contributed by atoms with Crippen LogP contribution >= 0.6 is 27.7 Å². The van der Waals surface area contributed by atoms with Gasteiger partial charge in [0.15, 0.2) is 0 Å². The SMILES string of the molecule is N#CCC[C@@H]1CCCC/C1=N/NC(=O)CSCc1ccccc1Br. The van der Waals surface area contributed by atoms with Gasteiger partial charge in [-0.2, -0.15) is 10.4 Å². The molecule has 0 radical (unpaired) electrons. The topological polar surface area (TPSA) is 65.2 Å². The van der Waals surface area contributed by atoms with Gasteiger partial charge in [-0.25, -0.2) is 5.43 Å². The molecule has 1 fully saturated rings. The van der Waals surface area contributed by atoms with Crippen LogP contribution < -0.4 is 5.43 Å². The van der Waals surface area contributed by atoms with Gasteiger partial charge in [-0.3, -0.25) is 4.79 Å². The lowest BCUT2D eigenvalue weighted by atomic mass is 9.84. The molecule has 1 aromatic rings. The first-order valence-electron chi connectivity index (χ1n) is 8.24. The average Bonchev–Trinajstić information content (AvgIpc) is 2.60. The number of hydrazone groups is 1. The van der Waals surface area contributed by atoms with Crippen molar-refractivity contribution in [3.63, 3.8) is 0 Å². The quantitative estimate of drug-likeness (QED) is 0.668. The standard InChI is InChI=1S/C18H22BrN3OS/c19-16-9-3-1-7-15(16)12-24-13-18(23)22-21-17-10-4-2-6-14(17)8-5-11-20/h1,3,7,9,14H,2,4-6,8,10,12-13H2,(H,22,23)/b21-17-/t14-/m0/s1. The summed E-state index contributed by atoms with van der Waals surface area (Å²) in [5.74, 6) is 1.47. The van der Waals surface area contributed by atoms with Gasteiger partial charge in [0, 0.05) is 28.3 Å². The molecule has 128 valence electrons. The first-order valence-corrected chi connectivity index (χ1v) is 10.2. The molecule has 0 unspecified atom stereocenters. The van der Waals surface area contributed by atoms with E-state index in [1.165, 1.54) is 12.0 Å². The van der Waals surface area contributed by atoms with Crippen LogP contribution in [-0.4, -0.2) is 17.4 Å². The lowest BCUT2D eigenvalue weighted by Gasteiger charge is -2.23. The van der Waals surface area contributed by atoms with Crippen LogP contribution in [0.15, 0.2) is 33.8 Å². The van der Waals surface area contributed by atoms with E-state index in [4.69, 9.17) is 5.26 Å². The van der Waals surface area contributed by atoms with E-state index < -0.39 is 0 Å². The number of amides is 1. The third-order valence-electron chi connectivity index (χ3n) is 4.08. The Kier molecular flexibility index (Phi) is 8.34. The fraction of sp³-hybridized carbons (Fsp3) is 0.500. The van der Waals surface area contributed by atoms with Gasteiger partial charge < -0.3 is 0 Å². The first-order chi connectivity index (χ1) is 11.7. The largest absolute Gasteiger partial charge is 0.272 e. The molecule has 0 spiro atoms. The van der Waals surface area contributed by atoms with Crippen molar-refractivity contribution in [2.24, 2.45) is 11.0 Å². The molecule has 24 heavy (non-hydrogen) atoms. The molecule has 1 amide bonds. The average molecular weight is 408 g/mol. The van der Waals surface area contributed by atoms with E-state index in [9.17, 15) is 4.79 Å². The third-order valence-corrected chi connectivity index (χ3v) is 5.84. The molecule has 4 nitrogen and oxygen atoms in total. The Labute approximate surface area is 156 Å². The Balaban J connectivity index is 1.77. The van der Waals surface area contributed by atoms with Gasteiger partial charge in [-0.1, -0.05) is 40.5 Å². The summed E-state index contributed by atoms with van der Waals surface area (Å²) in [6.07, 6.45) is 5.72. The molecular weight excluding hydrogens is 386 g/mol. The smallest absolute Gasteiger partial charge is 0.250 e. The van der Waals surface area contributed by atoms with Crippen LogP contribution in [0.25, 0.3) is 0 Å². The molecule has 1 saturated carbocycles. The molecular formula is C18H22BrN3OS. The zero-order valence-corrected chi connectivity index (χ0v) is 16.0. The van der Waals surface area contributed by atoms with Crippen molar-refractivity contribution in [2.75, 3.05) is 5.75 Å². The summed E-state index contributed by atoms with van der Waals surface area (Å²) in [5, 5.41) is 13.1. The number of hydrogen-bond donors (Lipinski definition) is 1. The number of nitrogens with zero attached hydrogens (tertiary/aromatic N) is 2. The molecule has 1 N–H and O–H groups in total. The van der Waals surface area contributed by atoms with Crippen molar-refractivity contribution in [3.8, 4) is 6.07 Å². The van der Waals surface area contributed by atoms with Gasteiger partial charge >= 0.3 is 0 Å². The molecule has 1 atom stereocenters. The van der Waals surface area contributed by atoms with Crippen molar-refractivity contribution >= 4 is 39.3 Å². The highest BCUT2D eigenvalue weighted by molar-refractivity contribution is 9.10. The van der Waals surface area contributed by atoms with Crippen LogP contribution in [0.3, 0.4) is 0 Å². The summed E-state index contributed by atoms with van der Waals surface area (Å²) in [7, 11) is 0. The Morgan fingerprint density at radius 3 is 3.04 bits per heavy atom. The fourth-order valence-electron chi connectivity index (χ4n) is 2.80. The first kappa shape index (κ1) is 19.0. The van der Waals surface area contributed by atoms with E-state index in [0.29, 0.717) is 18.1 Å². The van der Waals surface area contributed by atoms with E-state index >= 15 is 0 Å². The molecule has 2 rings (SSSR count). The van der Waals surface area contributed by atoms with Gasteiger partial charge in [0.2, 0.25) is 5.91 Å². The lowest BCUT2D eigenvalue weighted by molar-refractivity contribution is -0.118. The second-order valence-corrected chi connectivity index (χ2v) is 7.70. The highest BCUT2D eigenvalue weighted by Crippen LogP contribution is 2.25. The minimum atomic E-state index is -0.0656. The summed E-state index contributed by atoms with van der Waals surface area (Å²) in [6.45, 7) is 0. The van der Waals surface area contributed by atoms with Crippen LogP contribution in [0.4, 0.5) is 0 Å². The fourth-order valence-corrected chi connectivity index (χ4v) is 4.23. The molecule has 1 aliphatic rings. The molecule has 0 saturated heterocycles. The predicted octanol–water partition coefficient (Wildman–Crippen LogP) is 4.65. The van der Waals surface area contributed by atoms with Gasteiger partial charge in [-0.05, 0) is 37.3 Å². The lowest BCUT2D eigenvalue weighted by Crippen LogP contribution is -2.26. The summed E-state index contributed by atoms with van der Waals surface area (Å²) < 4.78 is 1.07. The molecule has 0 aliphatic heterocycles. The zero-order chi connectivity index (χ0) is 17.2. The van der Waals surface area contributed by atoms with Crippen molar-refractivity contribution in [3.05, 3.63) is 34.3 Å². The van der Waals surface area contributed by atoms with Crippen LogP contribution in [0.5, 0.6) is 0 Å². The molecule has 1 aromatic carbocycles. The highest BCUT2D eigenvalue weighted by atomic mass is 79.9. The maximum absolute atomic E-state index is 12.0. The number of carbonyl (C=O) groups excluding carboxylic acids is 1. The Morgan fingerprint density at radius 2 is 2.25 bits per heavy atom. The van der Waals surface area contributed by atoms with Crippen molar-refractivity contribution in [2.45, 2.75) is 44.3 Å². The number of halogens is 1. The molecule has 1 aliphatic carbocycles. The van der Waals surface area contributed by atoms with Gasteiger partial charge in [0.1, 0.15) is 0 Å². The summed E-state index contributed by atoms with van der Waals surface area (Å²) in [4.78, 5) is 12.0. The van der Waals surface area contributed by atoms with E-state index in [1.54, 1.807) is 11.8 Å². The number of nitrogens with one attached hydrogen (secondary N) is 1. The Hall–Kier alpha value is -1.32. The van der Waals surface area contributed by atoms with Crippen LogP contribution in [-0.2, 0) is 10.5 Å². The van der Waals surface area contributed by atoms with E-state index in [0.717, 1.165) is 41.6 Å². The maximum atomic E-state index is 12.0. The van der Waals surface area contributed by atoms with E-state index in [-0.39, 0.29) is 5.91 Å². The number of hydrogen-bond acceptors (Lipinski definition) is 4. The van der Waals surface area contributed by atoms with Crippen LogP contribution in [0, 0.1) is 17.2 Å². The summed E-state index contributed by atoms with van der Waals surface area (Å²) in [5.41, 5.74) is 4.94. The second kappa shape index (κ2) is 10.5. The molecule has 0 heterocycles. The monoisotopic (exact) mass is 407 g/mol. The van der Waals surface area contributed by atoms with E-state index in [1.807, 2.05) is 18.2 Å². The van der Waals surface area contributed by atoms with Gasteiger partial charge in [0.25, 0.3) is 0 Å². The summed E-state index contributed by atoms with van der Waals surface area (Å²) in [6, 6.07) is 10.2. The highest BCUT2D eigenvalue weighted by Gasteiger charge is 2.20. The van der Waals surface area contributed by atoms with Crippen molar-refractivity contribution in [1.82, 2.24) is 5.43 Å². The third kappa shape index (κ3) is 6.29. The van der Waals surface area contributed by atoms with Crippen molar-refractivity contribution in [1.29, 1.82) is 5.26 Å². The predicted molar refractivity (Wildman–Crippen MR) is 103 cm³/mol. The Morgan fingerprint density at radius 1 is 1.42 bits per heavy atom. The van der Waals surface area contributed by atoms with Gasteiger partial charge in [-0.15, -0.1) is 11.8 Å². The maximum Gasteiger partial charge on any atom is 0.250 e. The number of thioether (sulfide) groups is 1. The molecule has 0 bridgehead atoms. The van der Waals surface area contributed by atoms with Crippen molar-refractivity contribution < 1.29 is 4.79 Å². The normalized spacial score (nSPS) is 19.0. The number of benzene rings is 1. The molecule has 6 heteroatoms. The number of carbonyl (C=O) groups is 1. The van der Waals surface area contributed by atoms with E-state index in [2.05, 4.69) is 38.6 Å². The van der Waals surface area contributed by atoms with Gasteiger partial charge in [0.05, 0.1) is 11.8 Å². The molecule has 0 aromatic heterocycles. The summed E-state index contributed by atoms with van der Waals surface area (Å²) >= 11 is 5.09. The second-order valence-electron chi connectivity index (χ2n) is 5.86. The minimum absolute atomic E-state index is 0.0656. The van der Waals surface area contributed by atoms with Crippen LogP contribution in [0.1, 0.15) is 44.1 Å². The Bertz CT molecular complexity index is 627. The van der Waals surface area contributed by atoms with Crippen LogP contribution in [0.2, 0.25) is 0 Å². The number of nitriles is 1.